The molecule has 1 aliphatic rings. The molecule has 2 aromatic heterocycles. The standard InChI is InChI=1S/C16H20N6O/c1-2-13(23)22-10-3-5-12(11-22)14-15(18-9-8-17-14)21-16-19-6-4-7-20-16/h4,6-9,12H,2-3,5,10-11H2,1H3,(H,18,19,20,21)/t12-/m0/s1. The first-order chi connectivity index (χ1) is 11.3. The smallest absolute Gasteiger partial charge is 0.228 e. The van der Waals surface area contributed by atoms with Gasteiger partial charge in [0.15, 0.2) is 5.82 Å². The minimum atomic E-state index is 0.180. The van der Waals surface area contributed by atoms with Crippen LogP contribution in [0, 0.1) is 0 Å². The van der Waals surface area contributed by atoms with E-state index >= 15 is 0 Å². The first-order valence-corrected chi connectivity index (χ1v) is 7.90. The van der Waals surface area contributed by atoms with Gasteiger partial charge in [0.2, 0.25) is 11.9 Å². The van der Waals surface area contributed by atoms with Gasteiger partial charge in [-0.15, -0.1) is 0 Å². The molecule has 0 spiro atoms. The van der Waals surface area contributed by atoms with E-state index in [-0.39, 0.29) is 11.8 Å². The summed E-state index contributed by atoms with van der Waals surface area (Å²) in [6.45, 7) is 3.41. The molecular weight excluding hydrogens is 292 g/mol. The normalized spacial score (nSPS) is 17.8. The molecule has 1 amide bonds. The van der Waals surface area contributed by atoms with E-state index in [1.807, 2.05) is 11.8 Å². The van der Waals surface area contributed by atoms with Crippen molar-refractivity contribution in [3.8, 4) is 0 Å². The summed E-state index contributed by atoms with van der Waals surface area (Å²) in [5.41, 5.74) is 0.869. The molecular formula is C16H20N6O. The number of rotatable bonds is 4. The predicted octanol–water partition coefficient (Wildman–Crippen LogP) is 2.13. The van der Waals surface area contributed by atoms with Crippen LogP contribution in [-0.2, 0) is 4.79 Å². The fourth-order valence-corrected chi connectivity index (χ4v) is 2.86. The number of hydrogen-bond donors (Lipinski definition) is 1. The van der Waals surface area contributed by atoms with Crippen LogP contribution < -0.4 is 5.32 Å². The molecule has 120 valence electrons. The number of nitrogens with zero attached hydrogens (tertiary/aromatic N) is 5. The predicted molar refractivity (Wildman–Crippen MR) is 86.2 cm³/mol. The number of aromatic nitrogens is 4. The van der Waals surface area contributed by atoms with Gasteiger partial charge in [-0.3, -0.25) is 9.78 Å². The highest BCUT2D eigenvalue weighted by atomic mass is 16.2. The summed E-state index contributed by atoms with van der Waals surface area (Å²) < 4.78 is 0. The SMILES string of the molecule is CCC(=O)N1CCC[C@H](c2nccnc2Nc2ncccn2)C1. The number of likely N-dealkylation sites (tertiary alicyclic amines) is 1. The number of carbonyl (C=O) groups is 1. The zero-order valence-corrected chi connectivity index (χ0v) is 13.1. The van der Waals surface area contributed by atoms with Crippen LogP contribution in [0.5, 0.6) is 0 Å². The third-order valence-electron chi connectivity index (χ3n) is 3.99. The van der Waals surface area contributed by atoms with Crippen molar-refractivity contribution in [3.05, 3.63) is 36.5 Å². The molecule has 3 heterocycles. The number of nitrogens with one attached hydrogen (secondary N) is 1. The second kappa shape index (κ2) is 7.13. The third-order valence-corrected chi connectivity index (χ3v) is 3.99. The average molecular weight is 312 g/mol. The summed E-state index contributed by atoms with van der Waals surface area (Å²) in [6, 6.07) is 1.76. The molecule has 0 unspecified atom stereocenters. The Balaban J connectivity index is 1.81. The monoisotopic (exact) mass is 312 g/mol. The van der Waals surface area contributed by atoms with Gasteiger partial charge >= 0.3 is 0 Å². The minimum absolute atomic E-state index is 0.180. The molecule has 0 radical (unpaired) electrons. The highest BCUT2D eigenvalue weighted by Crippen LogP contribution is 2.30. The molecule has 1 aliphatic heterocycles. The molecule has 7 heteroatoms. The molecule has 23 heavy (non-hydrogen) atoms. The maximum atomic E-state index is 12.0. The van der Waals surface area contributed by atoms with E-state index in [0.717, 1.165) is 25.1 Å². The topological polar surface area (TPSA) is 83.9 Å². The molecule has 1 fully saturated rings. The Kier molecular flexibility index (Phi) is 4.75. The summed E-state index contributed by atoms with van der Waals surface area (Å²) in [7, 11) is 0. The summed E-state index contributed by atoms with van der Waals surface area (Å²) in [5.74, 6) is 1.53. The highest BCUT2D eigenvalue weighted by molar-refractivity contribution is 5.76. The van der Waals surface area contributed by atoms with Crippen molar-refractivity contribution in [1.29, 1.82) is 0 Å². The molecule has 0 aromatic carbocycles. The van der Waals surface area contributed by atoms with Crippen LogP contribution >= 0.6 is 0 Å². The van der Waals surface area contributed by atoms with E-state index in [4.69, 9.17) is 0 Å². The van der Waals surface area contributed by atoms with Gasteiger partial charge in [-0.1, -0.05) is 6.92 Å². The van der Waals surface area contributed by atoms with Crippen molar-refractivity contribution in [2.45, 2.75) is 32.1 Å². The Hall–Kier alpha value is -2.57. The van der Waals surface area contributed by atoms with Gasteiger partial charge in [0, 0.05) is 50.2 Å². The summed E-state index contributed by atoms with van der Waals surface area (Å²) in [4.78, 5) is 31.1. The van der Waals surface area contributed by atoms with Gasteiger partial charge in [-0.25, -0.2) is 15.0 Å². The molecule has 1 atom stereocenters. The summed E-state index contributed by atoms with van der Waals surface area (Å²) in [6.07, 6.45) is 9.20. The summed E-state index contributed by atoms with van der Waals surface area (Å²) >= 11 is 0. The first kappa shape index (κ1) is 15.3. The molecule has 0 saturated carbocycles. The number of hydrogen-bond acceptors (Lipinski definition) is 6. The van der Waals surface area contributed by atoms with E-state index < -0.39 is 0 Å². The van der Waals surface area contributed by atoms with E-state index in [1.54, 1.807) is 30.9 Å². The number of carbonyl (C=O) groups excluding carboxylic acids is 1. The first-order valence-electron chi connectivity index (χ1n) is 7.90. The lowest BCUT2D eigenvalue weighted by Gasteiger charge is -2.32. The van der Waals surface area contributed by atoms with Crippen molar-refractivity contribution >= 4 is 17.7 Å². The molecule has 0 aliphatic carbocycles. The Morgan fingerprint density at radius 1 is 1.22 bits per heavy atom. The minimum Gasteiger partial charge on any atom is -0.342 e. The Bertz CT molecular complexity index is 663. The molecule has 1 saturated heterocycles. The zero-order valence-electron chi connectivity index (χ0n) is 13.1. The maximum absolute atomic E-state index is 12.0. The fraction of sp³-hybridized carbons (Fsp3) is 0.438. The van der Waals surface area contributed by atoms with Gasteiger partial charge in [-0.2, -0.15) is 0 Å². The highest BCUT2D eigenvalue weighted by Gasteiger charge is 2.27. The number of piperidine rings is 1. The third kappa shape index (κ3) is 3.61. The Morgan fingerprint density at radius 2 is 2.00 bits per heavy atom. The van der Waals surface area contributed by atoms with Crippen molar-refractivity contribution in [3.63, 3.8) is 0 Å². The number of anilines is 2. The van der Waals surface area contributed by atoms with Crippen molar-refractivity contribution in [2.75, 3.05) is 18.4 Å². The molecule has 3 rings (SSSR count). The van der Waals surface area contributed by atoms with Crippen molar-refractivity contribution in [2.24, 2.45) is 0 Å². The van der Waals surface area contributed by atoms with Gasteiger partial charge < -0.3 is 10.2 Å². The van der Waals surface area contributed by atoms with Crippen LogP contribution in [0.25, 0.3) is 0 Å². The number of amides is 1. The van der Waals surface area contributed by atoms with E-state index in [0.29, 0.717) is 24.7 Å². The van der Waals surface area contributed by atoms with Crippen LogP contribution in [0.3, 0.4) is 0 Å². The van der Waals surface area contributed by atoms with Crippen LogP contribution in [0.1, 0.15) is 37.8 Å². The second-order valence-electron chi connectivity index (χ2n) is 5.52. The van der Waals surface area contributed by atoms with Crippen LogP contribution in [-0.4, -0.2) is 43.8 Å². The lowest BCUT2D eigenvalue weighted by molar-refractivity contribution is -0.132. The lowest BCUT2D eigenvalue weighted by atomic mass is 9.94. The molecule has 2 aromatic rings. The Labute approximate surface area is 135 Å². The van der Waals surface area contributed by atoms with Gasteiger partial charge in [0.05, 0.1) is 5.69 Å². The van der Waals surface area contributed by atoms with Crippen molar-refractivity contribution < 1.29 is 4.79 Å². The van der Waals surface area contributed by atoms with Crippen LogP contribution in [0.2, 0.25) is 0 Å². The Morgan fingerprint density at radius 3 is 2.78 bits per heavy atom. The quantitative estimate of drug-likeness (QED) is 0.931. The van der Waals surface area contributed by atoms with E-state index in [9.17, 15) is 4.79 Å². The van der Waals surface area contributed by atoms with Crippen LogP contribution in [0.15, 0.2) is 30.9 Å². The zero-order chi connectivity index (χ0) is 16.1. The molecule has 0 bridgehead atoms. The summed E-state index contributed by atoms with van der Waals surface area (Å²) in [5, 5.41) is 3.13. The van der Waals surface area contributed by atoms with Gasteiger partial charge in [0.25, 0.3) is 0 Å². The van der Waals surface area contributed by atoms with Gasteiger partial charge in [-0.05, 0) is 18.9 Å². The van der Waals surface area contributed by atoms with Crippen molar-refractivity contribution in [1.82, 2.24) is 24.8 Å². The molecule has 1 N–H and O–H groups in total. The molecule has 7 nitrogen and oxygen atoms in total. The van der Waals surface area contributed by atoms with Crippen LogP contribution in [0.4, 0.5) is 11.8 Å². The lowest BCUT2D eigenvalue weighted by Crippen LogP contribution is -2.39. The van der Waals surface area contributed by atoms with Gasteiger partial charge in [0.1, 0.15) is 0 Å². The van der Waals surface area contributed by atoms with E-state index in [2.05, 4.69) is 25.3 Å². The average Bonchev–Trinajstić information content (AvgIpc) is 2.62. The maximum Gasteiger partial charge on any atom is 0.228 e. The largest absolute Gasteiger partial charge is 0.342 e. The fourth-order valence-electron chi connectivity index (χ4n) is 2.86. The van der Waals surface area contributed by atoms with E-state index in [1.165, 1.54) is 0 Å². The second-order valence-corrected chi connectivity index (χ2v) is 5.52.